The van der Waals surface area contributed by atoms with Crippen LogP contribution in [0.4, 0.5) is 34.1 Å². The van der Waals surface area contributed by atoms with Gasteiger partial charge in [0.15, 0.2) is 0 Å². The molecule has 0 amide bonds. The van der Waals surface area contributed by atoms with E-state index in [1.165, 1.54) is 50.8 Å². The van der Waals surface area contributed by atoms with Gasteiger partial charge in [0.2, 0.25) is 0 Å². The fourth-order valence-corrected chi connectivity index (χ4v) is 11.8. The van der Waals surface area contributed by atoms with Gasteiger partial charge in [-0.2, -0.15) is 5.26 Å². The van der Waals surface area contributed by atoms with Gasteiger partial charge in [-0.3, -0.25) is 0 Å². The highest BCUT2D eigenvalue weighted by atomic mass is 32.1. The number of nitrogens with zero attached hydrogens (tertiary/aromatic N) is 3. The van der Waals surface area contributed by atoms with Gasteiger partial charge in [0.1, 0.15) is 11.6 Å². The van der Waals surface area contributed by atoms with Crippen LogP contribution >= 0.6 is 11.3 Å². The Morgan fingerprint density at radius 3 is 1.18 bits per heavy atom. The second kappa shape index (κ2) is 22.0. The summed E-state index contributed by atoms with van der Waals surface area (Å²) in [6, 6.07) is 103. The molecule has 372 valence electrons. The van der Waals surface area contributed by atoms with Crippen molar-refractivity contribution >= 4 is 79.1 Å². The number of nitriles is 1. The molecule has 0 saturated heterocycles. The van der Waals surface area contributed by atoms with Crippen LogP contribution in [0.15, 0.2) is 291 Å². The Morgan fingerprint density at radius 2 is 0.782 bits per heavy atom. The van der Waals surface area contributed by atoms with Gasteiger partial charge < -0.3 is 14.9 Å². The highest BCUT2D eigenvalue weighted by Crippen LogP contribution is 2.48. The lowest BCUT2D eigenvalue weighted by molar-refractivity contribution is -0.132. The maximum Gasteiger partial charge on any atom is 0.346 e. The van der Waals surface area contributed by atoms with Crippen molar-refractivity contribution in [3.8, 4) is 16.5 Å². The predicted molar refractivity (Wildman–Crippen MR) is 323 cm³/mol. The standard InChI is InChI=1S/C72H51N3O2S/c73-49-59(72(76)77)47-64-43-44-69(78-64)58-45-62(74(67-33-17-29-50-19-13-15-31-65(50)67)60-39-35-56(36-40-60)70(52-21-5-1-6-22-52)53-23-7-2-8-24-53)48-63(46-58)75(68-34-18-30-51-20-14-16-32-66(51)68)61-41-37-57(38-42-61)71(54-25-9-3-10-26-54)55-27-11-4-12-28-55/h1-48,70-71H,(H,76,77)/b59-47-. The van der Waals surface area contributed by atoms with E-state index >= 15 is 0 Å². The maximum absolute atomic E-state index is 12.1. The molecule has 6 heteroatoms. The zero-order valence-corrected chi connectivity index (χ0v) is 43.3. The molecule has 12 aromatic rings. The van der Waals surface area contributed by atoms with Gasteiger partial charge in [0, 0.05) is 55.1 Å². The molecule has 0 atom stereocenters. The first-order chi connectivity index (χ1) is 38.5. The minimum Gasteiger partial charge on any atom is -0.477 e. The molecule has 1 heterocycles. The molecule has 5 nitrogen and oxygen atoms in total. The predicted octanol–water partition coefficient (Wildman–Crippen LogP) is 19.0. The van der Waals surface area contributed by atoms with Gasteiger partial charge in [0.05, 0.1) is 11.4 Å². The van der Waals surface area contributed by atoms with Crippen molar-refractivity contribution in [1.82, 2.24) is 0 Å². The number of hydrogen-bond acceptors (Lipinski definition) is 5. The Kier molecular flexibility index (Phi) is 13.8. The molecule has 12 rings (SSSR count). The Hall–Kier alpha value is -10.1. The Morgan fingerprint density at radius 1 is 0.410 bits per heavy atom. The van der Waals surface area contributed by atoms with Crippen LogP contribution < -0.4 is 9.80 Å². The Bertz CT molecular complexity index is 3820. The molecule has 1 aromatic heterocycles. The molecule has 0 radical (unpaired) electrons. The summed E-state index contributed by atoms with van der Waals surface area (Å²) in [6.07, 6.45) is 1.45. The lowest BCUT2D eigenvalue weighted by Gasteiger charge is -2.32. The highest BCUT2D eigenvalue weighted by Gasteiger charge is 2.25. The third kappa shape index (κ3) is 9.98. The van der Waals surface area contributed by atoms with E-state index in [2.05, 4.69) is 283 Å². The molecule has 78 heavy (non-hydrogen) atoms. The summed E-state index contributed by atoms with van der Waals surface area (Å²) in [7, 11) is 0. The second-order valence-corrected chi connectivity index (χ2v) is 20.4. The van der Waals surface area contributed by atoms with Gasteiger partial charge >= 0.3 is 5.97 Å². The Labute approximate surface area is 458 Å². The summed E-state index contributed by atoms with van der Waals surface area (Å²) in [6.45, 7) is 0. The summed E-state index contributed by atoms with van der Waals surface area (Å²) in [5.41, 5.74) is 13.6. The third-order valence-corrected chi connectivity index (χ3v) is 15.6. The van der Waals surface area contributed by atoms with E-state index in [9.17, 15) is 15.2 Å². The molecule has 0 bridgehead atoms. The van der Waals surface area contributed by atoms with Crippen molar-refractivity contribution in [2.24, 2.45) is 0 Å². The number of benzene rings is 11. The molecule has 1 N–H and O–H groups in total. The fraction of sp³-hybridized carbons (Fsp3) is 0.0278. The molecular formula is C72H51N3O2S. The van der Waals surface area contributed by atoms with Crippen LogP contribution in [0.1, 0.15) is 50.1 Å². The molecule has 11 aromatic carbocycles. The number of carbonyl (C=O) groups is 1. The smallest absolute Gasteiger partial charge is 0.346 e. The lowest BCUT2D eigenvalue weighted by atomic mass is 9.85. The van der Waals surface area contributed by atoms with Crippen LogP contribution in [0.5, 0.6) is 0 Å². The molecule has 0 spiro atoms. The first kappa shape index (κ1) is 48.9. The zero-order valence-electron chi connectivity index (χ0n) is 42.5. The highest BCUT2D eigenvalue weighted by molar-refractivity contribution is 7.16. The van der Waals surface area contributed by atoms with E-state index < -0.39 is 5.97 Å². The summed E-state index contributed by atoms with van der Waals surface area (Å²) < 4.78 is 0. The SMILES string of the molecule is N#C/C(=C/c1ccc(-c2cc(N(c3ccc(C(c4ccccc4)c4ccccc4)cc3)c3cccc4ccccc34)cc(N(c3ccc(C(c4ccccc4)c4ccccc4)cc3)c3cccc4ccccc34)c2)s1)C(=O)O. The number of rotatable bonds is 15. The number of anilines is 6. The summed E-state index contributed by atoms with van der Waals surface area (Å²) in [5, 5.41) is 24.1. The van der Waals surface area contributed by atoms with E-state index in [1.54, 1.807) is 0 Å². The Balaban J connectivity index is 1.09. The summed E-state index contributed by atoms with van der Waals surface area (Å²) in [5.74, 6) is -1.23. The van der Waals surface area contributed by atoms with Crippen molar-refractivity contribution in [2.75, 3.05) is 9.80 Å². The average Bonchev–Trinajstić information content (AvgIpc) is 4.06. The van der Waals surface area contributed by atoms with Gasteiger partial charge in [0.25, 0.3) is 0 Å². The van der Waals surface area contributed by atoms with Crippen molar-refractivity contribution in [3.05, 3.63) is 329 Å². The van der Waals surface area contributed by atoms with E-state index in [1.807, 2.05) is 18.2 Å². The number of fused-ring (bicyclic) bond motifs is 2. The lowest BCUT2D eigenvalue weighted by Crippen LogP contribution is -2.14. The van der Waals surface area contributed by atoms with Crippen LogP contribution in [-0.2, 0) is 4.79 Å². The third-order valence-electron chi connectivity index (χ3n) is 14.5. The van der Waals surface area contributed by atoms with Crippen molar-refractivity contribution in [1.29, 1.82) is 5.26 Å². The minimum atomic E-state index is -1.26. The molecule has 0 unspecified atom stereocenters. The molecule has 0 saturated carbocycles. The monoisotopic (exact) mass is 1020 g/mol. The molecule has 0 aliphatic carbocycles. The largest absolute Gasteiger partial charge is 0.477 e. The molecular weight excluding hydrogens is 971 g/mol. The van der Waals surface area contributed by atoms with Crippen LogP contribution in [0.2, 0.25) is 0 Å². The summed E-state index contributed by atoms with van der Waals surface area (Å²) >= 11 is 1.45. The molecule has 0 aliphatic heterocycles. The number of aliphatic carboxylic acids is 1. The number of thiophene rings is 1. The quantitative estimate of drug-likeness (QED) is 0.0630. The van der Waals surface area contributed by atoms with E-state index in [4.69, 9.17) is 0 Å². The van der Waals surface area contributed by atoms with Gasteiger partial charge in [-0.1, -0.05) is 218 Å². The average molecular weight is 1020 g/mol. The molecule has 0 aliphatic rings. The van der Waals surface area contributed by atoms with Crippen LogP contribution in [-0.4, -0.2) is 11.1 Å². The van der Waals surface area contributed by atoms with E-state index in [-0.39, 0.29) is 17.4 Å². The minimum absolute atomic E-state index is 0.0171. The van der Waals surface area contributed by atoms with Crippen molar-refractivity contribution in [3.63, 3.8) is 0 Å². The molecule has 0 fully saturated rings. The summed E-state index contributed by atoms with van der Waals surface area (Å²) in [4.78, 5) is 18.4. The van der Waals surface area contributed by atoms with E-state index in [0.29, 0.717) is 4.88 Å². The second-order valence-electron chi connectivity index (χ2n) is 19.3. The first-order valence-corrected chi connectivity index (χ1v) is 26.8. The number of carboxylic acid groups (broad SMARTS) is 1. The van der Waals surface area contributed by atoms with Crippen LogP contribution in [0, 0.1) is 11.3 Å². The van der Waals surface area contributed by atoms with Gasteiger partial charge in [-0.25, -0.2) is 4.79 Å². The first-order valence-electron chi connectivity index (χ1n) is 26.0. The topological polar surface area (TPSA) is 67.6 Å². The van der Waals surface area contributed by atoms with Crippen molar-refractivity contribution in [2.45, 2.75) is 11.8 Å². The maximum atomic E-state index is 12.1. The van der Waals surface area contributed by atoms with Crippen LogP contribution in [0.25, 0.3) is 38.1 Å². The van der Waals surface area contributed by atoms with E-state index in [0.717, 1.165) is 66.1 Å². The number of carboxylic acids is 1. The van der Waals surface area contributed by atoms with Gasteiger partial charge in [-0.05, 0) is 123 Å². The normalized spacial score (nSPS) is 11.5. The number of hydrogen-bond donors (Lipinski definition) is 1. The fourth-order valence-electron chi connectivity index (χ4n) is 10.9. The van der Waals surface area contributed by atoms with Crippen LogP contribution in [0.3, 0.4) is 0 Å². The zero-order chi connectivity index (χ0) is 52.8. The van der Waals surface area contributed by atoms with Gasteiger partial charge in [-0.15, -0.1) is 11.3 Å². The van der Waals surface area contributed by atoms with Crippen molar-refractivity contribution < 1.29 is 9.90 Å².